The summed E-state index contributed by atoms with van der Waals surface area (Å²) in [5.41, 5.74) is 2.44. The topological polar surface area (TPSA) is 49.3 Å². The first kappa shape index (κ1) is 25.1. The number of thiol groups is 1. The molecule has 0 aliphatic heterocycles. The first-order chi connectivity index (χ1) is 11.1. The van der Waals surface area contributed by atoms with Crippen LogP contribution in [-0.2, 0) is 4.79 Å². The van der Waals surface area contributed by atoms with Gasteiger partial charge in [-0.25, -0.2) is 0 Å². The molecule has 0 aromatic carbocycles. The highest BCUT2D eigenvalue weighted by atomic mass is 32.1. The summed E-state index contributed by atoms with van der Waals surface area (Å²) in [6.45, 7) is 11.0. The van der Waals surface area contributed by atoms with Crippen LogP contribution >= 0.6 is 12.6 Å². The molecule has 24 heavy (non-hydrogen) atoms. The van der Waals surface area contributed by atoms with Gasteiger partial charge in [0.25, 0.3) is 0 Å². The molecule has 0 spiro atoms. The van der Waals surface area contributed by atoms with Crippen LogP contribution in [0.15, 0.2) is 22.9 Å². The Morgan fingerprint density at radius 3 is 2.21 bits per heavy atom. The van der Waals surface area contributed by atoms with E-state index in [0.717, 1.165) is 24.8 Å². The summed E-state index contributed by atoms with van der Waals surface area (Å²) in [6, 6.07) is 0. The molecule has 0 fully saturated rings. The molecular formula is C20H35NO2S. The van der Waals surface area contributed by atoms with Crippen LogP contribution in [0.1, 0.15) is 67.2 Å². The van der Waals surface area contributed by atoms with E-state index in [0.29, 0.717) is 5.70 Å². The zero-order valence-electron chi connectivity index (χ0n) is 16.4. The smallest absolute Gasteiger partial charge is 0.175 e. The lowest BCUT2D eigenvalue weighted by Crippen LogP contribution is -2.35. The van der Waals surface area contributed by atoms with Crippen LogP contribution in [0.2, 0.25) is 0 Å². The fraction of sp³-hybridized carbons (Fsp3) is 0.650. The van der Waals surface area contributed by atoms with Gasteiger partial charge >= 0.3 is 0 Å². The molecule has 4 heteroatoms. The molecule has 0 aromatic heterocycles. The van der Waals surface area contributed by atoms with Crippen LogP contribution in [0.25, 0.3) is 0 Å². The molecule has 0 aromatic rings. The van der Waals surface area contributed by atoms with Gasteiger partial charge in [-0.1, -0.05) is 38.7 Å². The molecule has 2 atom stereocenters. The minimum atomic E-state index is -0.690. The van der Waals surface area contributed by atoms with Crippen molar-refractivity contribution in [1.29, 1.82) is 0 Å². The second-order valence-corrected chi connectivity index (χ2v) is 6.97. The maximum absolute atomic E-state index is 11.2. The minimum absolute atomic E-state index is 0.0501. The lowest BCUT2D eigenvalue weighted by Gasteiger charge is -2.29. The molecule has 138 valence electrons. The predicted molar refractivity (Wildman–Crippen MR) is 108 cm³/mol. The summed E-state index contributed by atoms with van der Waals surface area (Å²) in [4.78, 5) is 11.2. The van der Waals surface area contributed by atoms with Crippen LogP contribution in [0.4, 0.5) is 0 Å². The Kier molecular flexibility index (Phi) is 13.7. The first-order valence-electron chi connectivity index (χ1n) is 8.56. The number of aliphatic hydroxyl groups excluding tert-OH is 1. The fourth-order valence-corrected chi connectivity index (χ4v) is 2.13. The quantitative estimate of drug-likeness (QED) is 0.347. The standard InChI is InChI=1S/C10H19NO2S.C10H16/c1-6(9(11-5)7(2)12)10(4,14)8(3)13;1-4-7-9-10(6-3)8-5-2/h8,11,13-14H,1-5H3;3,9H,4-5,7-8H2,1-2H3/b9-6+;10-9+/t8-,10?;/m0./s1. The highest BCUT2D eigenvalue weighted by molar-refractivity contribution is 7.82. The summed E-state index contributed by atoms with van der Waals surface area (Å²) in [5, 5.41) is 12.4. The number of aliphatic hydroxyl groups is 1. The van der Waals surface area contributed by atoms with Gasteiger partial charge in [0.1, 0.15) is 0 Å². The molecule has 0 saturated heterocycles. The van der Waals surface area contributed by atoms with Crippen molar-refractivity contribution in [3.8, 4) is 12.3 Å². The first-order valence-corrected chi connectivity index (χ1v) is 9.00. The Morgan fingerprint density at radius 1 is 1.38 bits per heavy atom. The third-order valence-corrected chi connectivity index (χ3v) is 4.64. The third-order valence-electron chi connectivity index (χ3n) is 3.93. The summed E-state index contributed by atoms with van der Waals surface area (Å²) < 4.78 is -0.690. The van der Waals surface area contributed by atoms with Crippen LogP contribution in [0.5, 0.6) is 0 Å². The molecule has 0 saturated carbocycles. The van der Waals surface area contributed by atoms with Crippen LogP contribution in [-0.4, -0.2) is 28.8 Å². The normalized spacial score (nSPS) is 15.9. The van der Waals surface area contributed by atoms with Gasteiger partial charge in [0.15, 0.2) is 5.78 Å². The largest absolute Gasteiger partial charge is 0.392 e. The number of likely N-dealkylation sites (N-methyl/N-ethyl adjacent to an activating group) is 1. The molecule has 0 aliphatic rings. The Balaban J connectivity index is 0. The van der Waals surface area contributed by atoms with E-state index in [1.54, 1.807) is 27.8 Å². The summed E-state index contributed by atoms with van der Waals surface area (Å²) >= 11 is 4.36. The number of rotatable bonds is 8. The van der Waals surface area contributed by atoms with Crippen LogP contribution in [0, 0.1) is 12.3 Å². The minimum Gasteiger partial charge on any atom is -0.392 e. The van der Waals surface area contributed by atoms with E-state index < -0.39 is 10.9 Å². The molecule has 0 rings (SSSR count). The molecular weight excluding hydrogens is 318 g/mol. The monoisotopic (exact) mass is 353 g/mol. The van der Waals surface area contributed by atoms with Crippen molar-refractivity contribution < 1.29 is 9.90 Å². The Morgan fingerprint density at radius 2 is 1.92 bits per heavy atom. The van der Waals surface area contributed by atoms with Crippen molar-refractivity contribution in [2.75, 3.05) is 7.05 Å². The molecule has 0 radical (unpaired) electrons. The van der Waals surface area contributed by atoms with Gasteiger partial charge in [-0.05, 0) is 44.8 Å². The number of nitrogens with one attached hydrogen (secondary N) is 1. The summed E-state index contributed by atoms with van der Waals surface area (Å²) in [5.74, 6) is 2.65. The van der Waals surface area contributed by atoms with Crippen molar-refractivity contribution in [1.82, 2.24) is 5.32 Å². The zero-order chi connectivity index (χ0) is 19.3. The number of hydrogen-bond donors (Lipinski definition) is 3. The van der Waals surface area contributed by atoms with E-state index in [9.17, 15) is 9.90 Å². The average molecular weight is 354 g/mol. The second-order valence-electron chi connectivity index (χ2n) is 6.04. The third kappa shape index (κ3) is 9.20. The van der Waals surface area contributed by atoms with Gasteiger partial charge in [-0.15, -0.1) is 6.42 Å². The van der Waals surface area contributed by atoms with Gasteiger partial charge in [0, 0.05) is 14.0 Å². The SMILES string of the molecule is C#C/C(=C\CCC)CCC.CN/C(C(C)=O)=C(\C)C(C)(S)[C@H](C)O. The van der Waals surface area contributed by atoms with E-state index in [1.165, 1.54) is 18.9 Å². The van der Waals surface area contributed by atoms with Gasteiger partial charge in [0.2, 0.25) is 0 Å². The number of carbonyl (C=O) groups is 1. The van der Waals surface area contributed by atoms with Gasteiger partial charge in [-0.3, -0.25) is 4.79 Å². The molecule has 0 heterocycles. The van der Waals surface area contributed by atoms with Crippen LogP contribution in [0.3, 0.4) is 0 Å². The summed E-state index contributed by atoms with van der Waals surface area (Å²) in [7, 11) is 1.69. The highest BCUT2D eigenvalue weighted by Gasteiger charge is 2.30. The molecule has 1 unspecified atom stereocenters. The number of Topliss-reactive ketones (excluding diaryl/α,β-unsaturated/α-hetero) is 1. The molecule has 0 bridgehead atoms. The van der Waals surface area contributed by atoms with Crippen LogP contribution < -0.4 is 5.32 Å². The van der Waals surface area contributed by atoms with Crippen molar-refractivity contribution >= 4 is 18.4 Å². The van der Waals surface area contributed by atoms with E-state index in [4.69, 9.17) is 6.42 Å². The molecule has 2 N–H and O–H groups in total. The Labute approximate surface area is 154 Å². The number of allylic oxidation sites excluding steroid dienone is 3. The number of carbonyl (C=O) groups excluding carboxylic acids is 1. The van der Waals surface area contributed by atoms with Crippen molar-refractivity contribution in [2.24, 2.45) is 0 Å². The average Bonchev–Trinajstić information content (AvgIpc) is 2.52. The number of terminal acetylenes is 1. The highest BCUT2D eigenvalue weighted by Crippen LogP contribution is 2.29. The molecule has 0 aliphatic carbocycles. The second kappa shape index (κ2) is 13.1. The lowest BCUT2D eigenvalue weighted by molar-refractivity contribution is -0.114. The van der Waals surface area contributed by atoms with Gasteiger partial charge in [-0.2, -0.15) is 12.6 Å². The summed E-state index contributed by atoms with van der Waals surface area (Å²) in [6.07, 6.45) is 11.4. The maximum atomic E-state index is 11.2. The Bertz CT molecular complexity index is 482. The zero-order valence-corrected chi connectivity index (χ0v) is 17.3. The van der Waals surface area contributed by atoms with E-state index in [1.807, 2.05) is 0 Å². The number of unbranched alkanes of at least 4 members (excludes halogenated alkanes) is 1. The lowest BCUT2D eigenvalue weighted by atomic mass is 9.93. The van der Waals surface area contributed by atoms with Crippen molar-refractivity contribution in [3.63, 3.8) is 0 Å². The predicted octanol–water partition coefficient (Wildman–Crippen LogP) is 4.28. The maximum Gasteiger partial charge on any atom is 0.175 e. The van der Waals surface area contributed by atoms with Gasteiger partial charge < -0.3 is 10.4 Å². The molecule has 0 amide bonds. The Hall–Kier alpha value is -1.18. The van der Waals surface area contributed by atoms with E-state index in [2.05, 4.69) is 43.8 Å². The van der Waals surface area contributed by atoms with E-state index >= 15 is 0 Å². The number of ketones is 1. The van der Waals surface area contributed by atoms with Gasteiger partial charge in [0.05, 0.1) is 16.5 Å². The fourth-order valence-electron chi connectivity index (χ4n) is 2.02. The van der Waals surface area contributed by atoms with Crippen molar-refractivity contribution in [2.45, 2.75) is 78.1 Å². The number of hydrogen-bond acceptors (Lipinski definition) is 4. The van der Waals surface area contributed by atoms with E-state index in [-0.39, 0.29) is 5.78 Å². The van der Waals surface area contributed by atoms with Crippen molar-refractivity contribution in [3.05, 3.63) is 22.9 Å². The molecule has 3 nitrogen and oxygen atoms in total.